The SMILES string of the molecule is CCCC1=C2[C@@H](CC/C(=C/c3cc(Br)ccc3O)CC)OC[C@@H]2[C@@H]2C(=O)N(c3ccc(Nc4ccccc4)cc3)C(=O)[C@@H]2C1. The van der Waals surface area contributed by atoms with Gasteiger partial charge in [-0.05, 0) is 92.3 Å². The molecule has 2 aliphatic heterocycles. The molecule has 0 radical (unpaired) electrons. The predicted molar refractivity (Wildman–Crippen MR) is 179 cm³/mol. The zero-order chi connectivity index (χ0) is 30.8. The Kier molecular flexibility index (Phi) is 9.06. The molecule has 2 amide bonds. The van der Waals surface area contributed by atoms with Crippen molar-refractivity contribution in [2.75, 3.05) is 16.8 Å². The second-order valence-corrected chi connectivity index (χ2v) is 12.9. The molecule has 0 aromatic heterocycles. The van der Waals surface area contributed by atoms with E-state index in [9.17, 15) is 14.7 Å². The van der Waals surface area contributed by atoms with Crippen molar-refractivity contribution in [3.63, 3.8) is 0 Å². The number of halogens is 1. The van der Waals surface area contributed by atoms with Crippen LogP contribution in [0, 0.1) is 17.8 Å². The van der Waals surface area contributed by atoms with E-state index in [1.165, 1.54) is 21.6 Å². The zero-order valence-electron chi connectivity index (χ0n) is 25.3. The first-order valence-corrected chi connectivity index (χ1v) is 16.5. The molecular formula is C37H39BrN2O4. The number of phenolic OH excluding ortho intramolecular Hbond substituents is 1. The molecule has 228 valence electrons. The Morgan fingerprint density at radius 3 is 2.48 bits per heavy atom. The van der Waals surface area contributed by atoms with E-state index in [2.05, 4.69) is 41.2 Å². The Balaban J connectivity index is 1.20. The fraction of sp³-hybridized carbons (Fsp3) is 0.351. The Labute approximate surface area is 267 Å². The van der Waals surface area contributed by atoms with Crippen molar-refractivity contribution in [3.8, 4) is 5.75 Å². The highest BCUT2D eigenvalue weighted by atomic mass is 79.9. The van der Waals surface area contributed by atoms with Gasteiger partial charge in [-0.3, -0.25) is 14.5 Å². The summed E-state index contributed by atoms with van der Waals surface area (Å²) in [5.41, 5.74) is 7.10. The van der Waals surface area contributed by atoms with E-state index in [0.29, 0.717) is 18.7 Å². The number of amides is 2. The average molecular weight is 656 g/mol. The number of fused-ring (bicyclic) bond motifs is 3. The summed E-state index contributed by atoms with van der Waals surface area (Å²) in [6.07, 6.45) is 7.05. The van der Waals surface area contributed by atoms with Gasteiger partial charge in [-0.1, -0.05) is 71.6 Å². The van der Waals surface area contributed by atoms with E-state index in [-0.39, 0.29) is 41.4 Å². The quantitative estimate of drug-likeness (QED) is 0.169. The molecule has 3 aliphatic rings. The summed E-state index contributed by atoms with van der Waals surface area (Å²) >= 11 is 3.50. The van der Waals surface area contributed by atoms with E-state index < -0.39 is 0 Å². The lowest BCUT2D eigenvalue weighted by molar-refractivity contribution is -0.122. The number of aromatic hydroxyl groups is 1. The molecule has 2 N–H and O–H groups in total. The number of phenols is 1. The zero-order valence-corrected chi connectivity index (χ0v) is 26.8. The molecule has 4 atom stereocenters. The van der Waals surface area contributed by atoms with Crippen LogP contribution in [0.15, 0.2) is 94.0 Å². The smallest absolute Gasteiger partial charge is 0.238 e. The highest BCUT2D eigenvalue weighted by Crippen LogP contribution is 2.51. The number of ether oxygens (including phenoxy) is 1. The number of nitrogens with zero attached hydrogens (tertiary/aromatic N) is 1. The highest BCUT2D eigenvalue weighted by molar-refractivity contribution is 9.10. The third-order valence-corrected chi connectivity index (χ3v) is 9.77. The van der Waals surface area contributed by atoms with E-state index in [0.717, 1.165) is 53.5 Å². The molecular weight excluding hydrogens is 616 g/mol. The van der Waals surface area contributed by atoms with Gasteiger partial charge in [-0.15, -0.1) is 0 Å². The molecule has 2 saturated heterocycles. The van der Waals surface area contributed by atoms with Gasteiger partial charge < -0.3 is 15.2 Å². The Hall–Kier alpha value is -3.68. The third kappa shape index (κ3) is 6.00. The Morgan fingerprint density at radius 2 is 1.75 bits per heavy atom. The van der Waals surface area contributed by atoms with Gasteiger partial charge in [0.05, 0.1) is 30.2 Å². The number of allylic oxidation sites excluding steroid dienone is 2. The lowest BCUT2D eigenvalue weighted by Crippen LogP contribution is -2.34. The maximum Gasteiger partial charge on any atom is 0.238 e. The van der Waals surface area contributed by atoms with Gasteiger partial charge in [0.25, 0.3) is 0 Å². The number of carbonyl (C=O) groups is 2. The van der Waals surface area contributed by atoms with Crippen LogP contribution in [0.5, 0.6) is 5.75 Å². The number of benzene rings is 3. The van der Waals surface area contributed by atoms with Crippen molar-refractivity contribution in [2.45, 2.75) is 58.5 Å². The van der Waals surface area contributed by atoms with Gasteiger partial charge in [0.15, 0.2) is 0 Å². The monoisotopic (exact) mass is 654 g/mol. The molecule has 0 saturated carbocycles. The van der Waals surface area contributed by atoms with E-state index in [1.54, 1.807) is 6.07 Å². The standard InChI is InChI=1S/C37H39BrN2O4/c1-3-8-24-21-30-35(37(43)40(36(30)42)29-15-13-28(14-16-29)39-27-9-6-5-7-10-27)31-22-44-33(34(24)31)18-11-23(4-2)19-25-20-26(38)12-17-32(25)41/h5-7,9-10,12-17,19-20,30-31,33,35,39,41H,3-4,8,11,18,21-22H2,1-2H3/b23-19+/t30-,31+,33-,35-/m1/s1. The number of para-hydroxylation sites is 1. The first-order valence-electron chi connectivity index (χ1n) is 15.7. The largest absolute Gasteiger partial charge is 0.507 e. The third-order valence-electron chi connectivity index (χ3n) is 9.28. The van der Waals surface area contributed by atoms with Crippen molar-refractivity contribution in [3.05, 3.63) is 99.6 Å². The van der Waals surface area contributed by atoms with Crippen LogP contribution in [-0.4, -0.2) is 29.6 Å². The predicted octanol–water partition coefficient (Wildman–Crippen LogP) is 8.79. The van der Waals surface area contributed by atoms with Crippen molar-refractivity contribution in [2.24, 2.45) is 17.8 Å². The van der Waals surface area contributed by atoms with Crippen LogP contribution in [0.25, 0.3) is 6.08 Å². The van der Waals surface area contributed by atoms with E-state index >= 15 is 0 Å². The van der Waals surface area contributed by atoms with Crippen LogP contribution in [0.2, 0.25) is 0 Å². The van der Waals surface area contributed by atoms with Crippen molar-refractivity contribution in [1.82, 2.24) is 0 Å². The molecule has 2 fully saturated rings. The van der Waals surface area contributed by atoms with Crippen LogP contribution in [0.4, 0.5) is 17.1 Å². The molecule has 1 aliphatic carbocycles. The van der Waals surface area contributed by atoms with Gasteiger partial charge in [-0.2, -0.15) is 0 Å². The van der Waals surface area contributed by atoms with Gasteiger partial charge in [-0.25, -0.2) is 0 Å². The summed E-state index contributed by atoms with van der Waals surface area (Å²) in [7, 11) is 0. The second-order valence-electron chi connectivity index (χ2n) is 12.0. The highest BCUT2D eigenvalue weighted by Gasteiger charge is 2.57. The van der Waals surface area contributed by atoms with Gasteiger partial charge in [0.2, 0.25) is 11.8 Å². The van der Waals surface area contributed by atoms with E-state index in [1.807, 2.05) is 66.7 Å². The number of imide groups is 1. The van der Waals surface area contributed by atoms with Gasteiger partial charge >= 0.3 is 0 Å². The lowest BCUT2D eigenvalue weighted by Gasteiger charge is -2.32. The molecule has 0 unspecified atom stereocenters. The molecule has 0 spiro atoms. The normalized spacial score (nSPS) is 23.2. The van der Waals surface area contributed by atoms with Gasteiger partial charge in [0.1, 0.15) is 5.75 Å². The summed E-state index contributed by atoms with van der Waals surface area (Å²) in [4.78, 5) is 29.2. The summed E-state index contributed by atoms with van der Waals surface area (Å²) < 4.78 is 7.36. The molecule has 6 nitrogen and oxygen atoms in total. The average Bonchev–Trinajstić information content (AvgIpc) is 3.56. The lowest BCUT2D eigenvalue weighted by atomic mass is 9.68. The minimum Gasteiger partial charge on any atom is -0.507 e. The molecule has 3 aromatic rings. The van der Waals surface area contributed by atoms with Crippen molar-refractivity contribution < 1.29 is 19.4 Å². The molecule has 6 rings (SSSR count). The summed E-state index contributed by atoms with van der Waals surface area (Å²) in [6.45, 7) is 4.77. The first kappa shape index (κ1) is 30.4. The molecule has 44 heavy (non-hydrogen) atoms. The number of rotatable bonds is 10. The maximum absolute atomic E-state index is 14.0. The summed E-state index contributed by atoms with van der Waals surface area (Å²) in [5.74, 6) is -0.726. The summed E-state index contributed by atoms with van der Waals surface area (Å²) in [5, 5.41) is 13.7. The second kappa shape index (κ2) is 13.1. The fourth-order valence-corrected chi connectivity index (χ4v) is 7.56. The van der Waals surface area contributed by atoms with Gasteiger partial charge in [0, 0.05) is 27.3 Å². The minimum atomic E-state index is -0.384. The van der Waals surface area contributed by atoms with Crippen LogP contribution in [0.1, 0.15) is 57.9 Å². The first-order chi connectivity index (χ1) is 21.4. The topological polar surface area (TPSA) is 78.9 Å². The minimum absolute atomic E-state index is 0.0612. The van der Waals surface area contributed by atoms with Crippen LogP contribution >= 0.6 is 15.9 Å². The molecule has 7 heteroatoms. The maximum atomic E-state index is 14.0. The van der Waals surface area contributed by atoms with Crippen molar-refractivity contribution >= 4 is 50.9 Å². The number of hydrogen-bond acceptors (Lipinski definition) is 5. The van der Waals surface area contributed by atoms with Crippen LogP contribution in [-0.2, 0) is 14.3 Å². The number of nitrogens with one attached hydrogen (secondary N) is 1. The Bertz CT molecular complexity index is 1600. The number of carbonyl (C=O) groups excluding carboxylic acids is 2. The van der Waals surface area contributed by atoms with E-state index in [4.69, 9.17) is 4.74 Å². The van der Waals surface area contributed by atoms with Crippen LogP contribution in [0.3, 0.4) is 0 Å². The number of anilines is 3. The number of hydrogen-bond donors (Lipinski definition) is 2. The molecule has 0 bridgehead atoms. The molecule has 3 aromatic carbocycles. The summed E-state index contributed by atoms with van der Waals surface area (Å²) in [6, 6.07) is 22.9. The van der Waals surface area contributed by atoms with Crippen LogP contribution < -0.4 is 10.2 Å². The van der Waals surface area contributed by atoms with Crippen molar-refractivity contribution in [1.29, 1.82) is 0 Å². The molecule has 2 heterocycles. The fourth-order valence-electron chi connectivity index (χ4n) is 7.18. The Morgan fingerprint density at radius 1 is 1.00 bits per heavy atom.